The molecule has 344 valence electrons. The number of esters is 2. The van der Waals surface area contributed by atoms with Gasteiger partial charge < -0.3 is 23.2 Å². The van der Waals surface area contributed by atoms with E-state index in [0.29, 0.717) is 40.5 Å². The maximum Gasteiger partial charge on any atom is 0.323 e. The van der Waals surface area contributed by atoms with E-state index < -0.39 is 22.2 Å². The Morgan fingerprint density at radius 2 is 1.06 bits per heavy atom. The molecule has 8 rings (SSSR count). The van der Waals surface area contributed by atoms with Gasteiger partial charge >= 0.3 is 11.9 Å². The molecule has 4 aromatic rings. The van der Waals surface area contributed by atoms with Crippen molar-refractivity contribution in [3.63, 3.8) is 0 Å². The lowest BCUT2D eigenvalue weighted by Crippen LogP contribution is -2.52. The predicted octanol–water partition coefficient (Wildman–Crippen LogP) is 7.38. The molecule has 0 bridgehead atoms. The van der Waals surface area contributed by atoms with Gasteiger partial charge in [-0.05, 0) is 87.4 Å². The molecule has 1 N–H and O–H groups in total. The normalized spacial score (nSPS) is 20.8. The van der Waals surface area contributed by atoms with Crippen molar-refractivity contribution >= 4 is 50.0 Å². The Balaban J connectivity index is 0.000000201. The van der Waals surface area contributed by atoms with Gasteiger partial charge in [0.1, 0.15) is 22.4 Å². The third-order valence-electron chi connectivity index (χ3n) is 11.3. The highest BCUT2D eigenvalue weighted by atomic mass is 79.9. The predicted molar refractivity (Wildman–Crippen MR) is 253 cm³/mol. The number of alkyl halides is 1. The Labute approximate surface area is 391 Å². The number of nitriles is 1. The van der Waals surface area contributed by atoms with Crippen molar-refractivity contribution in [3.8, 4) is 17.6 Å². The van der Waals surface area contributed by atoms with Crippen LogP contribution in [0.25, 0.3) is 0 Å². The minimum absolute atomic E-state index is 0.0347. The van der Waals surface area contributed by atoms with E-state index in [1.54, 1.807) is 6.07 Å². The summed E-state index contributed by atoms with van der Waals surface area (Å²) in [6.07, 6.45) is 1.62. The quantitative estimate of drug-likeness (QED) is 0.118. The van der Waals surface area contributed by atoms with Crippen LogP contribution in [0, 0.1) is 25.2 Å². The molecule has 16 heteroatoms. The maximum absolute atomic E-state index is 12.4. The average Bonchev–Trinajstić information content (AvgIpc) is 3.93. The first-order valence-electron chi connectivity index (χ1n) is 21.6. The van der Waals surface area contributed by atoms with Crippen molar-refractivity contribution in [2.75, 3.05) is 65.6 Å². The van der Waals surface area contributed by atoms with Crippen LogP contribution in [0.4, 0.5) is 0 Å². The largest absolute Gasteiger partial charge is 0.465 e. The van der Waals surface area contributed by atoms with E-state index in [4.69, 9.17) is 18.4 Å². The molecular weight excluding hydrogens is 919 g/mol. The fourth-order valence-corrected chi connectivity index (χ4v) is 9.19. The topological polar surface area (TPSA) is 151 Å². The zero-order chi connectivity index (χ0) is 46.0. The lowest BCUT2D eigenvalue weighted by atomic mass is 10.1. The molecule has 0 spiro atoms. The van der Waals surface area contributed by atoms with E-state index in [-0.39, 0.29) is 28.8 Å². The molecule has 64 heavy (non-hydrogen) atoms. The van der Waals surface area contributed by atoms with Gasteiger partial charge in [-0.3, -0.25) is 24.3 Å². The second kappa shape index (κ2) is 25.9. The summed E-state index contributed by atoms with van der Waals surface area (Å²) >= 11 is 0.120. The van der Waals surface area contributed by atoms with Crippen molar-refractivity contribution in [3.05, 3.63) is 119 Å². The Morgan fingerprint density at radius 3 is 1.42 bits per heavy atom. The van der Waals surface area contributed by atoms with Gasteiger partial charge in [0.05, 0.1) is 29.1 Å². The van der Waals surface area contributed by atoms with Crippen molar-refractivity contribution in [1.29, 1.82) is 5.26 Å². The number of halogens is 1. The number of benzene rings is 4. The number of aryl methyl sites for hydroxylation is 2. The second-order valence-electron chi connectivity index (χ2n) is 15.7. The van der Waals surface area contributed by atoms with Crippen LogP contribution in [0.3, 0.4) is 0 Å². The zero-order valence-electron chi connectivity index (χ0n) is 37.3. The molecule has 4 aromatic carbocycles. The number of piperazine rings is 2. The molecule has 4 aliphatic rings. The Hall–Kier alpha value is -4.47. The minimum atomic E-state index is -1.53. The molecule has 0 amide bonds. The molecule has 4 fully saturated rings. The number of nitrogens with one attached hydrogen (secondary N) is 1. The van der Waals surface area contributed by atoms with E-state index in [1.807, 2.05) is 98.8 Å². The highest BCUT2D eigenvalue weighted by molar-refractivity contribution is 9.10. The number of hydrogen-bond acceptors (Lipinski definition) is 13. The smallest absolute Gasteiger partial charge is 0.323 e. The molecule has 0 saturated carbocycles. The summed E-state index contributed by atoms with van der Waals surface area (Å²) in [5, 5.41) is 10.7. The third-order valence-corrected chi connectivity index (χ3v) is 14.1. The fourth-order valence-electron chi connectivity index (χ4n) is 7.39. The molecular formula is C48H60BrN5O8S2. The van der Waals surface area contributed by atoms with Crippen LogP contribution >= 0.6 is 15.9 Å². The summed E-state index contributed by atoms with van der Waals surface area (Å²) < 4.78 is 45.5. The van der Waals surface area contributed by atoms with Crippen molar-refractivity contribution in [2.45, 2.75) is 80.2 Å². The fraction of sp³-hybridized carbons (Fsp3) is 0.438. The summed E-state index contributed by atoms with van der Waals surface area (Å²) in [4.78, 5) is 30.6. The molecule has 13 nitrogen and oxygen atoms in total. The van der Waals surface area contributed by atoms with Crippen LogP contribution in [0.15, 0.2) is 107 Å². The van der Waals surface area contributed by atoms with Crippen LogP contribution in [-0.2, 0) is 41.2 Å². The summed E-state index contributed by atoms with van der Waals surface area (Å²) in [7, 11) is 0. The van der Waals surface area contributed by atoms with Gasteiger partial charge in [-0.1, -0.05) is 75.6 Å². The standard InChI is InChI=1S/C23H28N2O4S.C19H24N2O2S.C4H5BrO2.C2H3N/c1-17-3-9-21(10-4-17)30(27)29-20-7-5-19(6-8-20)18(2)24-12-14-25(15-13-24)22-11-16-28-23(22)26;1-15-3-9-19(10-4-15)24(22)23-18-7-5-17(6-8-18)16(2)21-13-11-20-12-14-21;5-3-1-2-7-4(3)6;1-2-3/h3-10,18,22H,11-16H2,1-2H3;3-10,16,20H,11-14H2,1-2H3;3H,1-2H2;1H3. The monoisotopic (exact) mass is 977 g/mol. The van der Waals surface area contributed by atoms with Gasteiger partial charge in [0.15, 0.2) is 0 Å². The SMILES string of the molecule is CC#N.Cc1ccc(S(=O)Oc2ccc(C(C)N3CCN(C4CCOC4=O)CC3)cc2)cc1.Cc1ccc(S(=O)Oc2ccc(C(C)N3CCNCC3)cc2)cc1.O=C1OCCC1Br. The van der Waals surface area contributed by atoms with E-state index in [0.717, 1.165) is 76.3 Å². The Kier molecular flexibility index (Phi) is 20.4. The minimum Gasteiger partial charge on any atom is -0.465 e. The van der Waals surface area contributed by atoms with Gasteiger partial charge in [0.25, 0.3) is 0 Å². The van der Waals surface area contributed by atoms with Crippen LogP contribution in [0.1, 0.15) is 68.0 Å². The summed E-state index contributed by atoms with van der Waals surface area (Å²) in [5.74, 6) is 1.02. The lowest BCUT2D eigenvalue weighted by molar-refractivity contribution is -0.143. The van der Waals surface area contributed by atoms with Crippen molar-refractivity contribution in [2.24, 2.45) is 0 Å². The average molecular weight is 979 g/mol. The highest BCUT2D eigenvalue weighted by Crippen LogP contribution is 2.27. The first-order chi connectivity index (χ1) is 30.9. The lowest BCUT2D eigenvalue weighted by Gasteiger charge is -2.39. The first kappa shape index (κ1) is 50.5. The van der Waals surface area contributed by atoms with Gasteiger partial charge in [0, 0.05) is 84.2 Å². The van der Waals surface area contributed by atoms with Gasteiger partial charge in [0.2, 0.25) is 22.2 Å². The maximum atomic E-state index is 12.4. The molecule has 0 aromatic heterocycles. The molecule has 6 unspecified atom stereocenters. The Bertz CT molecular complexity index is 2160. The summed E-state index contributed by atoms with van der Waals surface area (Å²) in [5.41, 5.74) is 4.71. The number of carbonyl (C=O) groups excluding carboxylic acids is 2. The van der Waals surface area contributed by atoms with Gasteiger partial charge in [-0.2, -0.15) is 5.26 Å². The van der Waals surface area contributed by atoms with Gasteiger partial charge in [-0.25, -0.2) is 8.42 Å². The molecule has 4 heterocycles. The summed E-state index contributed by atoms with van der Waals surface area (Å²) in [6, 6.07) is 33.2. The van der Waals surface area contributed by atoms with Crippen LogP contribution in [0.5, 0.6) is 11.5 Å². The van der Waals surface area contributed by atoms with Crippen LogP contribution < -0.4 is 13.7 Å². The Morgan fingerprint density at radius 1 is 0.656 bits per heavy atom. The summed E-state index contributed by atoms with van der Waals surface area (Å²) in [6.45, 7) is 18.8. The molecule has 0 radical (unpaired) electrons. The zero-order valence-corrected chi connectivity index (χ0v) is 40.5. The number of cyclic esters (lactones) is 2. The van der Waals surface area contributed by atoms with Crippen molar-refractivity contribution in [1.82, 2.24) is 20.0 Å². The van der Waals surface area contributed by atoms with E-state index >= 15 is 0 Å². The second-order valence-corrected chi connectivity index (χ2v) is 19.0. The number of nitrogens with zero attached hydrogens (tertiary/aromatic N) is 4. The first-order valence-corrected chi connectivity index (χ1v) is 24.7. The molecule has 0 aliphatic carbocycles. The van der Waals surface area contributed by atoms with E-state index in [2.05, 4.69) is 66.7 Å². The third kappa shape index (κ3) is 15.3. The van der Waals surface area contributed by atoms with E-state index in [9.17, 15) is 18.0 Å². The van der Waals surface area contributed by atoms with Crippen LogP contribution in [0.2, 0.25) is 0 Å². The molecule has 4 saturated heterocycles. The van der Waals surface area contributed by atoms with Crippen molar-refractivity contribution < 1.29 is 35.8 Å². The highest BCUT2D eigenvalue weighted by Gasteiger charge is 2.35. The molecule has 6 atom stereocenters. The van der Waals surface area contributed by atoms with Crippen LogP contribution in [-0.4, -0.2) is 111 Å². The van der Waals surface area contributed by atoms with E-state index in [1.165, 1.54) is 18.1 Å². The van der Waals surface area contributed by atoms with Gasteiger partial charge in [-0.15, -0.1) is 0 Å². The number of carbonyl (C=O) groups is 2. The number of ether oxygens (including phenoxy) is 2. The number of rotatable bonds is 11. The molecule has 4 aliphatic heterocycles. The number of hydrogen-bond donors (Lipinski definition) is 1.